The Labute approximate surface area is 131 Å². The van der Waals surface area contributed by atoms with Gasteiger partial charge in [-0.05, 0) is 30.8 Å². The number of nitrogens with one attached hydrogen (secondary N) is 1. The van der Waals surface area contributed by atoms with Gasteiger partial charge in [-0.1, -0.05) is 6.58 Å². The molecule has 22 heavy (non-hydrogen) atoms. The molecule has 0 atom stereocenters. The fourth-order valence-corrected chi connectivity index (χ4v) is 1.77. The number of methoxy groups -OCH3 is 2. The largest absolute Gasteiger partial charge is 0.487 e. The molecule has 6 nitrogen and oxygen atoms in total. The molecular weight excluding hydrogens is 286 g/mol. The van der Waals surface area contributed by atoms with Crippen LogP contribution in [0, 0.1) is 6.92 Å². The van der Waals surface area contributed by atoms with E-state index in [1.807, 2.05) is 6.92 Å². The standard InChI is InChI=1S/C16H23NO5/c1-5-17-16(18)13-11-15(22-9-7-20-4)14(10-12(13)2)21-8-6-19-3/h5,10-11H,1,6-9H2,2-4H3,(H,17,18). The van der Waals surface area contributed by atoms with Gasteiger partial charge < -0.3 is 24.3 Å². The SMILES string of the molecule is C=CNC(=O)c1cc(OCCOC)c(OCCOC)cc1C. The molecule has 0 aliphatic carbocycles. The number of hydrogen-bond donors (Lipinski definition) is 1. The number of ether oxygens (including phenoxy) is 4. The lowest BCUT2D eigenvalue weighted by molar-refractivity contribution is 0.0968. The summed E-state index contributed by atoms with van der Waals surface area (Å²) in [5.41, 5.74) is 1.29. The zero-order chi connectivity index (χ0) is 16.4. The number of benzene rings is 1. The lowest BCUT2D eigenvalue weighted by Crippen LogP contribution is -2.18. The highest BCUT2D eigenvalue weighted by Gasteiger charge is 2.15. The Morgan fingerprint density at radius 2 is 1.64 bits per heavy atom. The molecule has 122 valence electrons. The van der Waals surface area contributed by atoms with Crippen LogP contribution in [0.4, 0.5) is 0 Å². The normalized spacial score (nSPS) is 10.1. The molecule has 1 rings (SSSR count). The van der Waals surface area contributed by atoms with E-state index in [1.54, 1.807) is 26.4 Å². The summed E-state index contributed by atoms with van der Waals surface area (Å²) in [5.74, 6) is 0.821. The Hall–Kier alpha value is -2.05. The minimum Gasteiger partial charge on any atom is -0.487 e. The van der Waals surface area contributed by atoms with E-state index in [2.05, 4.69) is 11.9 Å². The zero-order valence-electron chi connectivity index (χ0n) is 13.3. The fraction of sp³-hybridized carbons (Fsp3) is 0.438. The molecule has 0 aliphatic rings. The highest BCUT2D eigenvalue weighted by molar-refractivity contribution is 5.96. The third-order valence-corrected chi connectivity index (χ3v) is 2.86. The first-order valence-electron chi connectivity index (χ1n) is 6.94. The second-order valence-electron chi connectivity index (χ2n) is 4.47. The molecule has 1 aromatic rings. The van der Waals surface area contributed by atoms with E-state index in [4.69, 9.17) is 18.9 Å². The molecule has 0 fully saturated rings. The van der Waals surface area contributed by atoms with Crippen molar-refractivity contribution >= 4 is 5.91 Å². The van der Waals surface area contributed by atoms with Gasteiger partial charge in [0.15, 0.2) is 11.5 Å². The van der Waals surface area contributed by atoms with Crippen molar-refractivity contribution in [2.24, 2.45) is 0 Å². The number of carbonyl (C=O) groups excluding carboxylic acids is 1. The Bertz CT molecular complexity index is 502. The van der Waals surface area contributed by atoms with Gasteiger partial charge in [-0.3, -0.25) is 4.79 Å². The van der Waals surface area contributed by atoms with Crippen LogP contribution < -0.4 is 14.8 Å². The molecule has 0 saturated heterocycles. The van der Waals surface area contributed by atoms with Crippen LogP contribution in [-0.4, -0.2) is 46.6 Å². The highest BCUT2D eigenvalue weighted by atomic mass is 16.5. The van der Waals surface area contributed by atoms with E-state index in [9.17, 15) is 4.79 Å². The summed E-state index contributed by atoms with van der Waals surface area (Å²) in [6, 6.07) is 3.43. The maximum atomic E-state index is 12.0. The Morgan fingerprint density at radius 3 is 2.14 bits per heavy atom. The van der Waals surface area contributed by atoms with Crippen LogP contribution in [0.2, 0.25) is 0 Å². The summed E-state index contributed by atoms with van der Waals surface area (Å²) >= 11 is 0. The van der Waals surface area contributed by atoms with Crippen LogP contribution in [0.5, 0.6) is 11.5 Å². The monoisotopic (exact) mass is 309 g/mol. The smallest absolute Gasteiger partial charge is 0.255 e. The Kier molecular flexibility index (Phi) is 8.03. The van der Waals surface area contributed by atoms with Crippen LogP contribution in [0.3, 0.4) is 0 Å². The first kappa shape index (κ1) is 18.0. The first-order chi connectivity index (χ1) is 10.6. The van der Waals surface area contributed by atoms with Crippen LogP contribution >= 0.6 is 0 Å². The van der Waals surface area contributed by atoms with E-state index < -0.39 is 0 Å². The molecule has 0 saturated carbocycles. The average molecular weight is 309 g/mol. The molecule has 6 heteroatoms. The molecule has 0 heterocycles. The number of amides is 1. The lowest BCUT2D eigenvalue weighted by atomic mass is 10.1. The first-order valence-corrected chi connectivity index (χ1v) is 6.94. The Morgan fingerprint density at radius 1 is 1.09 bits per heavy atom. The summed E-state index contributed by atoms with van der Waals surface area (Å²) < 4.78 is 21.2. The number of rotatable bonds is 10. The molecule has 0 aromatic heterocycles. The van der Waals surface area contributed by atoms with E-state index in [-0.39, 0.29) is 5.91 Å². The molecule has 0 bridgehead atoms. The second kappa shape index (κ2) is 9.81. The van der Waals surface area contributed by atoms with E-state index in [1.165, 1.54) is 6.20 Å². The third-order valence-electron chi connectivity index (χ3n) is 2.86. The highest BCUT2D eigenvalue weighted by Crippen LogP contribution is 2.31. The van der Waals surface area contributed by atoms with Crippen molar-refractivity contribution in [1.29, 1.82) is 0 Å². The maximum absolute atomic E-state index is 12.0. The van der Waals surface area contributed by atoms with Gasteiger partial charge in [-0.2, -0.15) is 0 Å². The van der Waals surface area contributed by atoms with Crippen LogP contribution in [0.25, 0.3) is 0 Å². The molecule has 1 amide bonds. The molecule has 0 spiro atoms. The summed E-state index contributed by atoms with van der Waals surface area (Å²) in [5, 5.41) is 2.55. The summed E-state index contributed by atoms with van der Waals surface area (Å²) in [4.78, 5) is 12.0. The summed E-state index contributed by atoms with van der Waals surface area (Å²) in [6.45, 7) is 6.99. The van der Waals surface area contributed by atoms with E-state index in [0.717, 1.165) is 5.56 Å². The van der Waals surface area contributed by atoms with Gasteiger partial charge in [0.25, 0.3) is 5.91 Å². The maximum Gasteiger partial charge on any atom is 0.255 e. The van der Waals surface area contributed by atoms with Gasteiger partial charge in [-0.15, -0.1) is 0 Å². The van der Waals surface area contributed by atoms with Crippen molar-refractivity contribution in [3.05, 3.63) is 36.0 Å². The van der Waals surface area contributed by atoms with Gasteiger partial charge in [-0.25, -0.2) is 0 Å². The molecular formula is C16H23NO5. The topological polar surface area (TPSA) is 66.0 Å². The minimum absolute atomic E-state index is 0.243. The van der Waals surface area contributed by atoms with Crippen molar-refractivity contribution in [1.82, 2.24) is 5.32 Å². The van der Waals surface area contributed by atoms with Crippen LogP contribution in [-0.2, 0) is 9.47 Å². The van der Waals surface area contributed by atoms with E-state index >= 15 is 0 Å². The van der Waals surface area contributed by atoms with Crippen molar-refractivity contribution in [3.8, 4) is 11.5 Å². The summed E-state index contributed by atoms with van der Waals surface area (Å²) in [6.07, 6.45) is 1.34. The van der Waals surface area contributed by atoms with Crippen molar-refractivity contribution in [2.45, 2.75) is 6.92 Å². The van der Waals surface area contributed by atoms with Crippen molar-refractivity contribution in [3.63, 3.8) is 0 Å². The molecule has 1 N–H and O–H groups in total. The number of carbonyl (C=O) groups is 1. The van der Waals surface area contributed by atoms with Gasteiger partial charge in [0, 0.05) is 19.8 Å². The minimum atomic E-state index is -0.243. The molecule has 0 radical (unpaired) electrons. The predicted octanol–water partition coefficient (Wildman–Crippen LogP) is 1.92. The van der Waals surface area contributed by atoms with Gasteiger partial charge in [0.2, 0.25) is 0 Å². The van der Waals surface area contributed by atoms with Gasteiger partial charge in [0.1, 0.15) is 13.2 Å². The summed E-state index contributed by atoms with van der Waals surface area (Å²) in [7, 11) is 3.20. The van der Waals surface area contributed by atoms with Crippen LogP contribution in [0.15, 0.2) is 24.9 Å². The molecule has 0 aliphatic heterocycles. The quantitative estimate of drug-likeness (QED) is 0.669. The lowest BCUT2D eigenvalue weighted by Gasteiger charge is -2.15. The van der Waals surface area contributed by atoms with Gasteiger partial charge >= 0.3 is 0 Å². The molecule has 0 unspecified atom stereocenters. The van der Waals surface area contributed by atoms with Gasteiger partial charge in [0.05, 0.1) is 13.2 Å². The van der Waals surface area contributed by atoms with Crippen molar-refractivity contribution in [2.75, 3.05) is 40.6 Å². The number of aryl methyl sites for hydroxylation is 1. The average Bonchev–Trinajstić information content (AvgIpc) is 2.49. The van der Waals surface area contributed by atoms with Crippen LogP contribution in [0.1, 0.15) is 15.9 Å². The fourth-order valence-electron chi connectivity index (χ4n) is 1.77. The second-order valence-corrected chi connectivity index (χ2v) is 4.47. The molecule has 1 aromatic carbocycles. The zero-order valence-corrected chi connectivity index (χ0v) is 13.3. The predicted molar refractivity (Wildman–Crippen MR) is 83.6 cm³/mol. The Balaban J connectivity index is 2.99. The van der Waals surface area contributed by atoms with Crippen molar-refractivity contribution < 1.29 is 23.7 Å². The number of hydrogen-bond acceptors (Lipinski definition) is 5. The third kappa shape index (κ3) is 5.38. The van der Waals surface area contributed by atoms with E-state index in [0.29, 0.717) is 43.5 Å².